The van der Waals surface area contributed by atoms with Gasteiger partial charge in [-0.3, -0.25) is 14.4 Å². The van der Waals surface area contributed by atoms with Gasteiger partial charge in [0.2, 0.25) is 5.91 Å². The van der Waals surface area contributed by atoms with Crippen molar-refractivity contribution in [2.45, 2.75) is 26.7 Å². The first-order chi connectivity index (χ1) is 7.23. The van der Waals surface area contributed by atoms with E-state index >= 15 is 0 Å². The number of aliphatic carboxylic acids is 2. The Morgan fingerprint density at radius 1 is 1.24 bits per heavy atom. The lowest BCUT2D eigenvalue weighted by Crippen LogP contribution is -2.22. The SMILES string of the molecule is C=C(C)C(N)=O.CCCC(C(=O)O)C(=O)O.N. The normalized spacial score (nSPS) is 8.41. The molecule has 0 atom stereocenters. The van der Waals surface area contributed by atoms with Crippen LogP contribution in [0.2, 0.25) is 0 Å². The predicted molar refractivity (Wildman–Crippen MR) is 62.7 cm³/mol. The summed E-state index contributed by atoms with van der Waals surface area (Å²) in [5, 5.41) is 16.6. The standard InChI is InChI=1S/C6H10O4.C4H7NO.H3N/c1-2-3-4(5(7)8)6(9)10;1-3(2)4(5)6;/h4H,2-3H2,1H3,(H,7,8)(H,9,10);1H2,2H3,(H2,5,6);1H3. The summed E-state index contributed by atoms with van der Waals surface area (Å²) in [4.78, 5) is 30.1. The molecule has 1 amide bonds. The van der Waals surface area contributed by atoms with Gasteiger partial charge in [0.05, 0.1) is 0 Å². The van der Waals surface area contributed by atoms with Crippen LogP contribution in [0.4, 0.5) is 0 Å². The molecule has 0 unspecified atom stereocenters. The van der Waals surface area contributed by atoms with E-state index < -0.39 is 23.8 Å². The van der Waals surface area contributed by atoms with Gasteiger partial charge in [-0.15, -0.1) is 0 Å². The maximum atomic E-state index is 10.2. The minimum absolute atomic E-state index is 0. The number of amides is 1. The minimum Gasteiger partial charge on any atom is -0.481 e. The lowest BCUT2D eigenvalue weighted by atomic mass is 10.1. The molecular formula is C10H20N2O5. The Balaban J connectivity index is -0.000000244. The highest BCUT2D eigenvalue weighted by atomic mass is 16.4. The number of primary amides is 1. The Labute approximate surface area is 99.9 Å². The fourth-order valence-corrected chi connectivity index (χ4v) is 0.641. The van der Waals surface area contributed by atoms with E-state index in [1.54, 1.807) is 13.8 Å². The Bertz CT molecular complexity index is 262. The highest BCUT2D eigenvalue weighted by Gasteiger charge is 2.23. The lowest BCUT2D eigenvalue weighted by Gasteiger charge is -2.02. The fourth-order valence-electron chi connectivity index (χ4n) is 0.641. The van der Waals surface area contributed by atoms with Crippen molar-refractivity contribution in [2.24, 2.45) is 11.7 Å². The first-order valence-corrected chi connectivity index (χ1v) is 4.64. The second-order valence-electron chi connectivity index (χ2n) is 3.16. The van der Waals surface area contributed by atoms with Crippen LogP contribution in [-0.2, 0) is 14.4 Å². The Morgan fingerprint density at radius 3 is 1.59 bits per heavy atom. The van der Waals surface area contributed by atoms with Crippen LogP contribution in [0.1, 0.15) is 26.7 Å². The number of rotatable bonds is 5. The largest absolute Gasteiger partial charge is 0.481 e. The summed E-state index contributed by atoms with van der Waals surface area (Å²) in [5.41, 5.74) is 5.09. The van der Waals surface area contributed by atoms with Crippen molar-refractivity contribution in [1.29, 1.82) is 0 Å². The number of hydrogen-bond acceptors (Lipinski definition) is 4. The van der Waals surface area contributed by atoms with Crippen LogP contribution in [0.15, 0.2) is 12.2 Å². The summed E-state index contributed by atoms with van der Waals surface area (Å²) in [7, 11) is 0. The van der Waals surface area contributed by atoms with E-state index in [-0.39, 0.29) is 12.6 Å². The Kier molecular flexibility index (Phi) is 12.8. The summed E-state index contributed by atoms with van der Waals surface area (Å²) < 4.78 is 0. The quantitative estimate of drug-likeness (QED) is 0.416. The van der Waals surface area contributed by atoms with Crippen molar-refractivity contribution in [1.82, 2.24) is 6.15 Å². The second-order valence-corrected chi connectivity index (χ2v) is 3.16. The first kappa shape index (κ1) is 20.5. The molecule has 0 bridgehead atoms. The molecule has 7 nitrogen and oxygen atoms in total. The molecule has 0 aromatic rings. The molecule has 0 fully saturated rings. The Morgan fingerprint density at radius 2 is 1.53 bits per heavy atom. The van der Waals surface area contributed by atoms with Gasteiger partial charge in [0, 0.05) is 5.57 Å². The Hall–Kier alpha value is -1.89. The molecule has 0 aromatic heterocycles. The number of carbonyl (C=O) groups excluding carboxylic acids is 1. The van der Waals surface area contributed by atoms with Gasteiger partial charge in [-0.25, -0.2) is 0 Å². The zero-order valence-electron chi connectivity index (χ0n) is 10.1. The number of carboxylic acid groups (broad SMARTS) is 2. The highest BCUT2D eigenvalue weighted by Crippen LogP contribution is 2.05. The monoisotopic (exact) mass is 248 g/mol. The summed E-state index contributed by atoms with van der Waals surface area (Å²) in [5.74, 6) is -4.18. The average Bonchev–Trinajstić information content (AvgIpc) is 2.13. The topological polar surface area (TPSA) is 153 Å². The van der Waals surface area contributed by atoms with Crippen LogP contribution in [-0.4, -0.2) is 28.1 Å². The molecule has 0 aliphatic carbocycles. The van der Waals surface area contributed by atoms with Crippen molar-refractivity contribution in [3.63, 3.8) is 0 Å². The molecule has 100 valence electrons. The molecule has 0 aliphatic rings. The fraction of sp³-hybridized carbons (Fsp3) is 0.500. The van der Waals surface area contributed by atoms with E-state index in [4.69, 9.17) is 15.9 Å². The number of carbonyl (C=O) groups is 3. The zero-order chi connectivity index (χ0) is 13.3. The van der Waals surface area contributed by atoms with Crippen LogP contribution >= 0.6 is 0 Å². The van der Waals surface area contributed by atoms with Gasteiger partial charge in [0.1, 0.15) is 0 Å². The van der Waals surface area contributed by atoms with Crippen LogP contribution in [0.3, 0.4) is 0 Å². The van der Waals surface area contributed by atoms with E-state index in [1.807, 2.05) is 0 Å². The number of nitrogens with two attached hydrogens (primary N) is 1. The third-order valence-electron chi connectivity index (χ3n) is 1.59. The highest BCUT2D eigenvalue weighted by molar-refractivity contribution is 5.92. The van der Waals surface area contributed by atoms with Gasteiger partial charge in [-0.1, -0.05) is 19.9 Å². The van der Waals surface area contributed by atoms with Crippen LogP contribution in [0.5, 0.6) is 0 Å². The van der Waals surface area contributed by atoms with E-state index in [1.165, 1.54) is 0 Å². The molecule has 17 heavy (non-hydrogen) atoms. The summed E-state index contributed by atoms with van der Waals surface area (Å²) in [6, 6.07) is 0. The summed E-state index contributed by atoms with van der Waals surface area (Å²) >= 11 is 0. The smallest absolute Gasteiger partial charge is 0.317 e. The minimum atomic E-state index is -1.26. The van der Waals surface area contributed by atoms with E-state index in [2.05, 4.69) is 6.58 Å². The van der Waals surface area contributed by atoms with Crippen LogP contribution in [0.25, 0.3) is 0 Å². The summed E-state index contributed by atoms with van der Waals surface area (Å²) in [6.45, 7) is 6.60. The van der Waals surface area contributed by atoms with E-state index in [9.17, 15) is 14.4 Å². The summed E-state index contributed by atoms with van der Waals surface area (Å²) in [6.07, 6.45) is 0.772. The average molecular weight is 248 g/mol. The lowest BCUT2D eigenvalue weighted by molar-refractivity contribution is -0.154. The molecule has 0 saturated carbocycles. The van der Waals surface area contributed by atoms with Crippen LogP contribution in [0, 0.1) is 5.92 Å². The molecule has 7 N–H and O–H groups in total. The molecule has 0 spiro atoms. The van der Waals surface area contributed by atoms with Crippen LogP contribution < -0.4 is 11.9 Å². The maximum absolute atomic E-state index is 10.2. The number of carboxylic acids is 2. The van der Waals surface area contributed by atoms with Crippen molar-refractivity contribution >= 4 is 17.8 Å². The third kappa shape index (κ3) is 12.0. The molecule has 0 saturated heterocycles. The van der Waals surface area contributed by atoms with Crippen molar-refractivity contribution in [3.8, 4) is 0 Å². The molecule has 7 heteroatoms. The predicted octanol–water partition coefficient (Wildman–Crippen LogP) is 0.782. The molecular weight excluding hydrogens is 228 g/mol. The van der Waals surface area contributed by atoms with Crippen molar-refractivity contribution in [3.05, 3.63) is 12.2 Å². The number of hydrogen-bond donors (Lipinski definition) is 4. The molecule has 0 rings (SSSR count). The molecule has 0 aliphatic heterocycles. The maximum Gasteiger partial charge on any atom is 0.317 e. The second kappa shape index (κ2) is 10.6. The van der Waals surface area contributed by atoms with E-state index in [0.29, 0.717) is 12.0 Å². The van der Waals surface area contributed by atoms with Gasteiger partial charge in [-0.05, 0) is 13.3 Å². The van der Waals surface area contributed by atoms with Gasteiger partial charge >= 0.3 is 11.9 Å². The molecule has 0 heterocycles. The van der Waals surface area contributed by atoms with Gasteiger partial charge < -0.3 is 22.1 Å². The third-order valence-corrected chi connectivity index (χ3v) is 1.59. The molecule has 0 radical (unpaired) electrons. The van der Waals surface area contributed by atoms with Crippen molar-refractivity contribution < 1.29 is 24.6 Å². The van der Waals surface area contributed by atoms with E-state index in [0.717, 1.165) is 0 Å². The van der Waals surface area contributed by atoms with Gasteiger partial charge in [0.25, 0.3) is 0 Å². The van der Waals surface area contributed by atoms with Gasteiger partial charge in [-0.2, -0.15) is 0 Å². The molecule has 0 aromatic carbocycles. The van der Waals surface area contributed by atoms with Gasteiger partial charge in [0.15, 0.2) is 5.92 Å². The first-order valence-electron chi connectivity index (χ1n) is 4.64. The zero-order valence-corrected chi connectivity index (χ0v) is 10.1. The van der Waals surface area contributed by atoms with Crippen molar-refractivity contribution in [2.75, 3.05) is 0 Å².